The van der Waals surface area contributed by atoms with Gasteiger partial charge in [0.2, 0.25) is 0 Å². The minimum atomic E-state index is -0.643. The van der Waals surface area contributed by atoms with Gasteiger partial charge in [-0.05, 0) is 43.3 Å². The van der Waals surface area contributed by atoms with Crippen molar-refractivity contribution in [3.8, 4) is 11.5 Å². The molecule has 3 rings (SSSR count). The fourth-order valence-electron chi connectivity index (χ4n) is 2.69. The van der Waals surface area contributed by atoms with E-state index in [1.165, 1.54) is 6.26 Å². The van der Waals surface area contributed by atoms with Gasteiger partial charge in [-0.2, -0.15) is 0 Å². The molecule has 7 nitrogen and oxygen atoms in total. The monoisotopic (exact) mass is 409 g/mol. The average Bonchev–Trinajstić information content (AvgIpc) is 3.31. The molecule has 1 amide bonds. The van der Waals surface area contributed by atoms with Crippen molar-refractivity contribution in [2.24, 2.45) is 0 Å². The quantitative estimate of drug-likeness (QED) is 0.405. The molecular weight excluding hydrogens is 386 g/mol. The van der Waals surface area contributed by atoms with E-state index in [0.29, 0.717) is 18.1 Å². The number of para-hydroxylation sites is 2. The highest BCUT2D eigenvalue weighted by molar-refractivity contribution is 5.94. The van der Waals surface area contributed by atoms with Crippen LogP contribution in [0.4, 0.5) is 0 Å². The van der Waals surface area contributed by atoms with Crippen molar-refractivity contribution in [3.63, 3.8) is 0 Å². The van der Waals surface area contributed by atoms with Gasteiger partial charge in [-0.15, -0.1) is 0 Å². The van der Waals surface area contributed by atoms with E-state index in [-0.39, 0.29) is 18.2 Å². The summed E-state index contributed by atoms with van der Waals surface area (Å²) in [7, 11) is 0. The van der Waals surface area contributed by atoms with E-state index >= 15 is 0 Å². The van der Waals surface area contributed by atoms with Crippen molar-refractivity contribution >= 4 is 11.9 Å². The maximum Gasteiger partial charge on any atom is 0.342 e. The van der Waals surface area contributed by atoms with Crippen LogP contribution in [0, 0.1) is 0 Å². The normalized spacial score (nSPS) is 11.4. The minimum absolute atomic E-state index is 0.240. The Morgan fingerprint density at radius 1 is 0.933 bits per heavy atom. The number of amides is 1. The van der Waals surface area contributed by atoms with Gasteiger partial charge in [0.15, 0.2) is 6.61 Å². The fraction of sp³-hybridized carbons (Fsp3) is 0.217. The number of carbonyl (C=O) groups excluding carboxylic acids is 2. The van der Waals surface area contributed by atoms with Crippen LogP contribution in [-0.4, -0.2) is 31.7 Å². The van der Waals surface area contributed by atoms with Crippen LogP contribution in [0.2, 0.25) is 0 Å². The number of carbonyl (C=O) groups is 2. The second-order valence-corrected chi connectivity index (χ2v) is 6.39. The number of esters is 1. The maximum absolute atomic E-state index is 12.4. The lowest BCUT2D eigenvalue weighted by atomic mass is 10.2. The van der Waals surface area contributed by atoms with Crippen molar-refractivity contribution in [1.29, 1.82) is 0 Å². The number of benzene rings is 2. The molecule has 0 saturated carbocycles. The highest BCUT2D eigenvalue weighted by Crippen LogP contribution is 2.19. The predicted octanol–water partition coefficient (Wildman–Crippen LogP) is 3.77. The Hall–Kier alpha value is -3.74. The van der Waals surface area contributed by atoms with Gasteiger partial charge in [0.05, 0.1) is 12.3 Å². The fourth-order valence-corrected chi connectivity index (χ4v) is 2.69. The van der Waals surface area contributed by atoms with Gasteiger partial charge in [0.25, 0.3) is 5.91 Å². The van der Waals surface area contributed by atoms with Crippen LogP contribution in [0.5, 0.6) is 11.5 Å². The van der Waals surface area contributed by atoms with E-state index in [4.69, 9.17) is 18.6 Å². The molecule has 1 heterocycles. The second-order valence-electron chi connectivity index (χ2n) is 6.39. The number of rotatable bonds is 10. The third-order valence-electron chi connectivity index (χ3n) is 4.14. The van der Waals surface area contributed by atoms with E-state index in [2.05, 4.69) is 5.32 Å². The first kappa shape index (κ1) is 21.0. The van der Waals surface area contributed by atoms with E-state index < -0.39 is 18.5 Å². The third-order valence-corrected chi connectivity index (χ3v) is 4.14. The summed E-state index contributed by atoms with van der Waals surface area (Å²) < 4.78 is 21.6. The van der Waals surface area contributed by atoms with Crippen LogP contribution in [0.25, 0.3) is 0 Å². The first-order valence-electron chi connectivity index (χ1n) is 9.53. The molecule has 0 bridgehead atoms. The van der Waals surface area contributed by atoms with Gasteiger partial charge in [0, 0.05) is 0 Å². The minimum Gasteiger partial charge on any atom is -0.490 e. The molecule has 3 aromatic rings. The maximum atomic E-state index is 12.4. The summed E-state index contributed by atoms with van der Waals surface area (Å²) in [6.45, 7) is 1.94. The summed E-state index contributed by atoms with van der Waals surface area (Å²) in [4.78, 5) is 24.4. The van der Waals surface area contributed by atoms with Crippen LogP contribution < -0.4 is 14.8 Å². The summed E-state index contributed by atoms with van der Waals surface area (Å²) in [6.07, 6.45) is 1.53. The van der Waals surface area contributed by atoms with Crippen LogP contribution in [-0.2, 0) is 9.53 Å². The van der Waals surface area contributed by atoms with Crippen molar-refractivity contribution in [2.45, 2.75) is 13.0 Å². The largest absolute Gasteiger partial charge is 0.490 e. The molecule has 7 heteroatoms. The Kier molecular flexibility index (Phi) is 7.49. The molecule has 0 aliphatic heterocycles. The van der Waals surface area contributed by atoms with E-state index in [0.717, 1.165) is 5.75 Å². The molecule has 1 N–H and O–H groups in total. The van der Waals surface area contributed by atoms with Crippen molar-refractivity contribution in [1.82, 2.24) is 5.32 Å². The van der Waals surface area contributed by atoms with Crippen LogP contribution in [0.3, 0.4) is 0 Å². The molecule has 0 radical (unpaired) electrons. The van der Waals surface area contributed by atoms with Crippen molar-refractivity contribution in [2.75, 3.05) is 19.8 Å². The summed E-state index contributed by atoms with van der Waals surface area (Å²) in [5.41, 5.74) is 0.240. The molecule has 30 heavy (non-hydrogen) atoms. The number of ether oxygens (including phenoxy) is 3. The topological polar surface area (TPSA) is 87.0 Å². The average molecular weight is 409 g/mol. The zero-order chi connectivity index (χ0) is 21.2. The standard InChI is InChI=1S/C23H23NO6/c1-17(20-12-7-13-28-20)24-22(25)16-30-23(26)19-10-5-6-11-21(19)29-15-14-27-18-8-3-2-4-9-18/h2-13,17H,14-16H2,1H3,(H,24,25)/t17-/m1/s1. The van der Waals surface area contributed by atoms with Gasteiger partial charge in [-0.25, -0.2) is 4.79 Å². The summed E-state index contributed by atoms with van der Waals surface area (Å²) in [5.74, 6) is 0.649. The highest BCUT2D eigenvalue weighted by Gasteiger charge is 2.17. The second kappa shape index (κ2) is 10.7. The summed E-state index contributed by atoms with van der Waals surface area (Å²) in [6, 6.07) is 19.2. The zero-order valence-electron chi connectivity index (χ0n) is 16.6. The molecule has 1 atom stereocenters. The first-order valence-corrected chi connectivity index (χ1v) is 9.53. The van der Waals surface area contributed by atoms with E-state index in [9.17, 15) is 9.59 Å². The SMILES string of the molecule is C[C@@H](NC(=O)COC(=O)c1ccccc1OCCOc1ccccc1)c1ccco1. The molecule has 0 aliphatic rings. The molecule has 156 valence electrons. The number of hydrogen-bond acceptors (Lipinski definition) is 6. The number of furan rings is 1. The predicted molar refractivity (Wildman–Crippen MR) is 109 cm³/mol. The van der Waals surface area contributed by atoms with E-state index in [1.807, 2.05) is 30.3 Å². The Bertz CT molecular complexity index is 939. The van der Waals surface area contributed by atoms with Crippen molar-refractivity contribution in [3.05, 3.63) is 84.3 Å². The van der Waals surface area contributed by atoms with Gasteiger partial charge in [-0.1, -0.05) is 30.3 Å². The lowest BCUT2D eigenvalue weighted by molar-refractivity contribution is -0.125. The molecule has 0 aliphatic carbocycles. The van der Waals surface area contributed by atoms with Gasteiger partial charge >= 0.3 is 5.97 Å². The molecule has 0 unspecified atom stereocenters. The molecular formula is C23H23NO6. The van der Waals surface area contributed by atoms with Gasteiger partial charge < -0.3 is 23.9 Å². The van der Waals surface area contributed by atoms with Crippen LogP contribution >= 0.6 is 0 Å². The zero-order valence-corrected chi connectivity index (χ0v) is 16.6. The van der Waals surface area contributed by atoms with Crippen LogP contribution in [0.1, 0.15) is 29.1 Å². The van der Waals surface area contributed by atoms with Crippen molar-refractivity contribution < 1.29 is 28.2 Å². The van der Waals surface area contributed by atoms with Gasteiger partial charge in [-0.3, -0.25) is 4.79 Å². The number of hydrogen-bond donors (Lipinski definition) is 1. The molecule has 0 spiro atoms. The van der Waals surface area contributed by atoms with Gasteiger partial charge in [0.1, 0.15) is 36.0 Å². The van der Waals surface area contributed by atoms with Crippen LogP contribution in [0.15, 0.2) is 77.4 Å². The smallest absolute Gasteiger partial charge is 0.342 e. The molecule has 2 aromatic carbocycles. The number of nitrogens with one attached hydrogen (secondary N) is 1. The third kappa shape index (κ3) is 6.13. The van der Waals surface area contributed by atoms with E-state index in [1.54, 1.807) is 43.3 Å². The molecule has 1 aromatic heterocycles. The lowest BCUT2D eigenvalue weighted by Gasteiger charge is -2.13. The molecule has 0 fully saturated rings. The Morgan fingerprint density at radius 3 is 2.43 bits per heavy atom. The Morgan fingerprint density at radius 2 is 1.67 bits per heavy atom. The lowest BCUT2D eigenvalue weighted by Crippen LogP contribution is -2.31. The molecule has 0 saturated heterocycles. The summed E-state index contributed by atoms with van der Waals surface area (Å²) in [5, 5.41) is 2.70. The Balaban J connectivity index is 1.46. The first-order chi connectivity index (χ1) is 14.6. The Labute approximate surface area is 174 Å². The highest BCUT2D eigenvalue weighted by atomic mass is 16.5. The summed E-state index contributed by atoms with van der Waals surface area (Å²) >= 11 is 0.